The lowest BCUT2D eigenvalue weighted by Crippen LogP contribution is -2.30. The van der Waals surface area contributed by atoms with Crippen LogP contribution >= 0.6 is 15.9 Å². The maximum atomic E-state index is 10.7. The van der Waals surface area contributed by atoms with Crippen molar-refractivity contribution >= 4 is 27.3 Å². The number of anilines is 1. The van der Waals surface area contributed by atoms with Gasteiger partial charge in [-0.05, 0) is 30.9 Å². The number of hydrogen-bond acceptors (Lipinski definition) is 3. The molecule has 4 nitrogen and oxygen atoms in total. The van der Waals surface area contributed by atoms with E-state index < -0.39 is 0 Å². The van der Waals surface area contributed by atoms with E-state index in [1.807, 2.05) is 6.07 Å². The summed E-state index contributed by atoms with van der Waals surface area (Å²) < 4.78 is 0. The zero-order chi connectivity index (χ0) is 12.3. The van der Waals surface area contributed by atoms with Crippen LogP contribution in [0.4, 0.5) is 11.4 Å². The number of nitro groups is 1. The average Bonchev–Trinajstić information content (AvgIpc) is 2.39. The fourth-order valence-corrected chi connectivity index (χ4v) is 2.68. The van der Waals surface area contributed by atoms with Crippen molar-refractivity contribution in [1.82, 2.24) is 0 Å². The Kier molecular flexibility index (Phi) is 3.99. The third kappa shape index (κ3) is 2.77. The SMILES string of the molecule is O=[N+]([O-])c1ccc(N2CCCCC2)c(CBr)c1. The van der Waals surface area contributed by atoms with Gasteiger partial charge in [-0.2, -0.15) is 0 Å². The van der Waals surface area contributed by atoms with E-state index in [2.05, 4.69) is 20.8 Å². The van der Waals surface area contributed by atoms with Gasteiger partial charge in [0.1, 0.15) is 0 Å². The Morgan fingerprint density at radius 3 is 2.59 bits per heavy atom. The molecule has 0 spiro atoms. The molecule has 92 valence electrons. The van der Waals surface area contributed by atoms with Gasteiger partial charge in [-0.25, -0.2) is 0 Å². The molecule has 0 unspecified atom stereocenters. The fourth-order valence-electron chi connectivity index (χ4n) is 2.24. The summed E-state index contributed by atoms with van der Waals surface area (Å²) in [5.74, 6) is 0. The van der Waals surface area contributed by atoms with Gasteiger partial charge in [0, 0.05) is 36.2 Å². The number of nitrogens with zero attached hydrogens (tertiary/aromatic N) is 2. The highest BCUT2D eigenvalue weighted by molar-refractivity contribution is 9.08. The lowest BCUT2D eigenvalue weighted by molar-refractivity contribution is -0.384. The van der Waals surface area contributed by atoms with E-state index >= 15 is 0 Å². The molecule has 17 heavy (non-hydrogen) atoms. The second-order valence-electron chi connectivity index (χ2n) is 4.25. The highest BCUT2D eigenvalue weighted by Gasteiger charge is 2.16. The molecular formula is C12H15BrN2O2. The molecule has 1 aliphatic rings. The minimum Gasteiger partial charge on any atom is -0.371 e. The van der Waals surface area contributed by atoms with Gasteiger partial charge >= 0.3 is 0 Å². The van der Waals surface area contributed by atoms with Crippen molar-refractivity contribution < 1.29 is 4.92 Å². The van der Waals surface area contributed by atoms with Gasteiger partial charge in [0.15, 0.2) is 0 Å². The lowest BCUT2D eigenvalue weighted by Gasteiger charge is -2.30. The molecule has 1 fully saturated rings. The molecule has 0 aromatic heterocycles. The topological polar surface area (TPSA) is 46.4 Å². The van der Waals surface area contributed by atoms with E-state index in [0.717, 1.165) is 24.3 Å². The van der Waals surface area contributed by atoms with Crippen LogP contribution in [0.5, 0.6) is 0 Å². The summed E-state index contributed by atoms with van der Waals surface area (Å²) in [4.78, 5) is 12.7. The molecule has 1 aromatic carbocycles. The van der Waals surface area contributed by atoms with Crippen LogP contribution in [0.25, 0.3) is 0 Å². The van der Waals surface area contributed by atoms with Crippen LogP contribution in [0.2, 0.25) is 0 Å². The molecule has 1 aliphatic heterocycles. The second-order valence-corrected chi connectivity index (χ2v) is 4.81. The van der Waals surface area contributed by atoms with E-state index in [0.29, 0.717) is 5.33 Å². The van der Waals surface area contributed by atoms with Gasteiger partial charge in [-0.15, -0.1) is 0 Å². The van der Waals surface area contributed by atoms with Gasteiger partial charge in [-0.1, -0.05) is 15.9 Å². The summed E-state index contributed by atoms with van der Waals surface area (Å²) in [6, 6.07) is 5.13. The number of piperidine rings is 1. The van der Waals surface area contributed by atoms with Crippen LogP contribution in [-0.2, 0) is 5.33 Å². The Balaban J connectivity index is 2.29. The quantitative estimate of drug-likeness (QED) is 0.487. The molecule has 2 rings (SSSR count). The number of non-ortho nitro benzene ring substituents is 1. The van der Waals surface area contributed by atoms with Crippen LogP contribution in [0, 0.1) is 10.1 Å². The van der Waals surface area contributed by atoms with Gasteiger partial charge in [0.2, 0.25) is 0 Å². The summed E-state index contributed by atoms with van der Waals surface area (Å²) in [6.07, 6.45) is 3.70. The van der Waals surface area contributed by atoms with Crippen molar-refractivity contribution in [1.29, 1.82) is 0 Å². The molecule has 0 radical (unpaired) electrons. The Hall–Kier alpha value is -1.10. The van der Waals surface area contributed by atoms with Gasteiger partial charge in [0.05, 0.1) is 4.92 Å². The maximum Gasteiger partial charge on any atom is 0.269 e. The number of hydrogen-bond donors (Lipinski definition) is 0. The molecule has 0 aliphatic carbocycles. The van der Waals surface area contributed by atoms with Crippen molar-refractivity contribution in [3.8, 4) is 0 Å². The first-order valence-electron chi connectivity index (χ1n) is 5.80. The van der Waals surface area contributed by atoms with Crippen LogP contribution in [0.15, 0.2) is 18.2 Å². The van der Waals surface area contributed by atoms with Gasteiger partial charge < -0.3 is 4.90 Å². The predicted molar refractivity (Wildman–Crippen MR) is 71.8 cm³/mol. The summed E-state index contributed by atoms with van der Waals surface area (Å²) in [5, 5.41) is 11.4. The molecule has 1 heterocycles. The molecule has 0 N–H and O–H groups in total. The molecule has 0 atom stereocenters. The minimum atomic E-state index is -0.341. The summed E-state index contributed by atoms with van der Waals surface area (Å²) in [5.41, 5.74) is 2.30. The van der Waals surface area contributed by atoms with Crippen molar-refractivity contribution in [2.24, 2.45) is 0 Å². The monoisotopic (exact) mass is 298 g/mol. The second kappa shape index (κ2) is 5.49. The lowest BCUT2D eigenvalue weighted by atomic mass is 10.1. The highest BCUT2D eigenvalue weighted by atomic mass is 79.9. The standard InChI is InChI=1S/C12H15BrN2O2/c13-9-10-8-11(15(16)17)4-5-12(10)14-6-2-1-3-7-14/h4-5,8H,1-3,6-7,9H2. The van der Waals surface area contributed by atoms with Crippen molar-refractivity contribution in [2.75, 3.05) is 18.0 Å². The Morgan fingerprint density at radius 1 is 1.29 bits per heavy atom. The first-order chi connectivity index (χ1) is 8.22. The third-order valence-electron chi connectivity index (χ3n) is 3.11. The van der Waals surface area contributed by atoms with Gasteiger partial charge in [0.25, 0.3) is 5.69 Å². The minimum absolute atomic E-state index is 0.167. The smallest absolute Gasteiger partial charge is 0.269 e. The zero-order valence-corrected chi connectivity index (χ0v) is 11.1. The van der Waals surface area contributed by atoms with Crippen molar-refractivity contribution in [2.45, 2.75) is 24.6 Å². The highest BCUT2D eigenvalue weighted by Crippen LogP contribution is 2.29. The van der Waals surface area contributed by atoms with Crippen LogP contribution in [0.1, 0.15) is 24.8 Å². The van der Waals surface area contributed by atoms with Crippen molar-refractivity contribution in [3.63, 3.8) is 0 Å². The van der Waals surface area contributed by atoms with E-state index in [9.17, 15) is 10.1 Å². The zero-order valence-electron chi connectivity index (χ0n) is 9.56. The van der Waals surface area contributed by atoms with E-state index in [4.69, 9.17) is 0 Å². The summed E-state index contributed by atoms with van der Waals surface area (Å²) >= 11 is 3.41. The van der Waals surface area contributed by atoms with E-state index in [1.54, 1.807) is 12.1 Å². The van der Waals surface area contributed by atoms with Crippen LogP contribution in [0.3, 0.4) is 0 Å². The number of rotatable bonds is 3. The third-order valence-corrected chi connectivity index (χ3v) is 3.72. The van der Waals surface area contributed by atoms with E-state index in [-0.39, 0.29) is 10.6 Å². The molecule has 5 heteroatoms. The number of alkyl halides is 1. The van der Waals surface area contributed by atoms with Gasteiger partial charge in [-0.3, -0.25) is 10.1 Å². The Labute approximate surface area is 109 Å². The molecule has 0 saturated carbocycles. The summed E-state index contributed by atoms with van der Waals surface area (Å²) in [7, 11) is 0. The fraction of sp³-hybridized carbons (Fsp3) is 0.500. The number of halogens is 1. The Bertz CT molecular complexity index is 417. The number of benzene rings is 1. The van der Waals surface area contributed by atoms with Crippen molar-refractivity contribution in [3.05, 3.63) is 33.9 Å². The average molecular weight is 299 g/mol. The molecular weight excluding hydrogens is 284 g/mol. The molecule has 0 amide bonds. The Morgan fingerprint density at radius 2 is 2.00 bits per heavy atom. The predicted octanol–water partition coefficient (Wildman–Crippen LogP) is 3.48. The molecule has 0 bridgehead atoms. The molecule has 1 saturated heterocycles. The largest absolute Gasteiger partial charge is 0.371 e. The van der Waals surface area contributed by atoms with Crippen LogP contribution in [-0.4, -0.2) is 18.0 Å². The first-order valence-corrected chi connectivity index (χ1v) is 6.93. The normalized spacial score (nSPS) is 15.9. The van der Waals surface area contributed by atoms with Crippen LogP contribution < -0.4 is 4.90 Å². The summed E-state index contributed by atoms with van der Waals surface area (Å²) in [6.45, 7) is 2.11. The van der Waals surface area contributed by atoms with E-state index in [1.165, 1.54) is 19.3 Å². The molecule has 1 aromatic rings. The first kappa shape index (κ1) is 12.4. The maximum absolute atomic E-state index is 10.7. The number of nitro benzene ring substituents is 1.